The van der Waals surface area contributed by atoms with Crippen LogP contribution in [0.1, 0.15) is 16.1 Å². The summed E-state index contributed by atoms with van der Waals surface area (Å²) in [5, 5.41) is 12.6. The highest BCUT2D eigenvalue weighted by Gasteiger charge is 2.42. The number of carboxylic acid groups (broad SMARTS) is 1. The molecule has 1 aromatic heterocycles. The number of ether oxygens (including phenoxy) is 1. The molecule has 1 heterocycles. The molecule has 1 N–H and O–H groups in total. The van der Waals surface area contributed by atoms with Crippen molar-refractivity contribution in [1.82, 2.24) is 9.78 Å². The van der Waals surface area contributed by atoms with Gasteiger partial charge in [-0.05, 0) is 24.3 Å². The smallest absolute Gasteiger partial charge is 0.436 e. The number of nitrogens with zero attached hydrogens (tertiary/aromatic N) is 2. The summed E-state index contributed by atoms with van der Waals surface area (Å²) >= 11 is 5.68. The molecule has 9 heteroatoms. The van der Waals surface area contributed by atoms with E-state index in [0.29, 0.717) is 5.02 Å². The topological polar surface area (TPSA) is 64.4 Å². The van der Waals surface area contributed by atoms with Crippen molar-refractivity contribution in [1.29, 1.82) is 0 Å². The summed E-state index contributed by atoms with van der Waals surface area (Å²) < 4.78 is 44.3. The van der Waals surface area contributed by atoms with Crippen LogP contribution in [0.4, 0.5) is 13.2 Å². The van der Waals surface area contributed by atoms with Crippen LogP contribution in [0.2, 0.25) is 5.02 Å². The molecule has 0 spiro atoms. The SMILES string of the molecule is Cn1nc(C(F)(F)F)c(C(=O)O)c1Oc1ccc(Cl)cc1. The zero-order valence-corrected chi connectivity index (χ0v) is 11.2. The number of aryl methyl sites for hydroxylation is 1. The molecule has 0 aliphatic heterocycles. The molecule has 0 amide bonds. The molecule has 2 aromatic rings. The van der Waals surface area contributed by atoms with Gasteiger partial charge in [0.1, 0.15) is 5.75 Å². The van der Waals surface area contributed by atoms with E-state index in [1.165, 1.54) is 24.3 Å². The standard InChI is InChI=1S/C12H8ClF3N2O3/c1-18-10(21-7-4-2-6(13)3-5-7)8(11(19)20)9(17-18)12(14,15)16/h2-5H,1H3,(H,19,20). The second-order valence-electron chi connectivity index (χ2n) is 4.01. The Bertz CT molecular complexity index is 680. The van der Waals surface area contributed by atoms with Crippen molar-refractivity contribution in [3.05, 3.63) is 40.5 Å². The summed E-state index contributed by atoms with van der Waals surface area (Å²) in [5.41, 5.74) is -2.55. The van der Waals surface area contributed by atoms with Crippen LogP contribution in [0.25, 0.3) is 0 Å². The normalized spacial score (nSPS) is 11.5. The fourth-order valence-electron chi connectivity index (χ4n) is 1.63. The zero-order valence-electron chi connectivity index (χ0n) is 10.5. The molecule has 0 aliphatic carbocycles. The zero-order chi connectivity index (χ0) is 15.8. The van der Waals surface area contributed by atoms with Crippen molar-refractivity contribution in [3.8, 4) is 11.6 Å². The van der Waals surface area contributed by atoms with Crippen molar-refractivity contribution < 1.29 is 27.8 Å². The average molecular weight is 321 g/mol. The molecule has 21 heavy (non-hydrogen) atoms. The quantitative estimate of drug-likeness (QED) is 0.938. The Kier molecular flexibility index (Phi) is 3.82. The Morgan fingerprint density at radius 1 is 1.33 bits per heavy atom. The summed E-state index contributed by atoms with van der Waals surface area (Å²) in [6.45, 7) is 0. The Morgan fingerprint density at radius 2 is 1.90 bits per heavy atom. The van der Waals surface area contributed by atoms with Crippen LogP contribution in [0, 0.1) is 0 Å². The van der Waals surface area contributed by atoms with Gasteiger partial charge in [-0.25, -0.2) is 9.48 Å². The monoisotopic (exact) mass is 320 g/mol. The number of aromatic nitrogens is 2. The van der Waals surface area contributed by atoms with Crippen LogP contribution >= 0.6 is 11.6 Å². The first kappa shape index (κ1) is 15.2. The fourth-order valence-corrected chi connectivity index (χ4v) is 1.76. The van der Waals surface area contributed by atoms with Crippen LogP contribution < -0.4 is 4.74 Å². The van der Waals surface area contributed by atoms with Crippen molar-refractivity contribution >= 4 is 17.6 Å². The van der Waals surface area contributed by atoms with E-state index < -0.39 is 29.3 Å². The molecular formula is C12H8ClF3N2O3. The Balaban J connectivity index is 2.50. The number of hydrogen-bond acceptors (Lipinski definition) is 3. The molecule has 0 atom stereocenters. The van der Waals surface area contributed by atoms with Crippen molar-refractivity contribution in [3.63, 3.8) is 0 Å². The predicted molar refractivity (Wildman–Crippen MR) is 66.7 cm³/mol. The third kappa shape index (κ3) is 3.10. The van der Waals surface area contributed by atoms with Gasteiger partial charge in [-0.3, -0.25) is 0 Å². The van der Waals surface area contributed by atoms with Gasteiger partial charge in [0.2, 0.25) is 5.88 Å². The van der Waals surface area contributed by atoms with Crippen LogP contribution in [-0.4, -0.2) is 20.9 Å². The molecule has 112 valence electrons. The number of halogens is 4. The molecule has 0 aliphatic rings. The molecule has 0 fully saturated rings. The summed E-state index contributed by atoms with van der Waals surface area (Å²) in [4.78, 5) is 11.1. The number of rotatable bonds is 3. The number of hydrogen-bond donors (Lipinski definition) is 1. The third-order valence-corrected chi connectivity index (χ3v) is 2.76. The molecule has 0 bridgehead atoms. The van der Waals surface area contributed by atoms with Gasteiger partial charge in [-0.1, -0.05) is 11.6 Å². The van der Waals surface area contributed by atoms with Gasteiger partial charge in [-0.15, -0.1) is 0 Å². The van der Waals surface area contributed by atoms with Gasteiger partial charge in [0.05, 0.1) is 0 Å². The van der Waals surface area contributed by atoms with Crippen LogP contribution in [0.15, 0.2) is 24.3 Å². The largest absolute Gasteiger partial charge is 0.477 e. The third-order valence-electron chi connectivity index (χ3n) is 2.51. The highest BCUT2D eigenvalue weighted by atomic mass is 35.5. The number of carbonyl (C=O) groups is 1. The van der Waals surface area contributed by atoms with Gasteiger partial charge >= 0.3 is 12.1 Å². The maximum absolute atomic E-state index is 12.8. The fraction of sp³-hybridized carbons (Fsp3) is 0.167. The van der Waals surface area contributed by atoms with E-state index in [1.807, 2.05) is 0 Å². The molecule has 0 saturated carbocycles. The summed E-state index contributed by atoms with van der Waals surface area (Å²) in [6, 6.07) is 5.71. The van der Waals surface area contributed by atoms with E-state index in [9.17, 15) is 18.0 Å². The molecule has 5 nitrogen and oxygen atoms in total. The van der Waals surface area contributed by atoms with Gasteiger partial charge in [0.15, 0.2) is 11.3 Å². The number of carboxylic acids is 1. The molecular weight excluding hydrogens is 313 g/mol. The number of aromatic carboxylic acids is 1. The molecule has 2 rings (SSSR count). The van der Waals surface area contributed by atoms with Gasteiger partial charge < -0.3 is 9.84 Å². The second kappa shape index (κ2) is 5.28. The summed E-state index contributed by atoms with van der Waals surface area (Å²) in [6.07, 6.45) is -4.90. The summed E-state index contributed by atoms with van der Waals surface area (Å²) in [5.74, 6) is -2.16. The van der Waals surface area contributed by atoms with E-state index in [2.05, 4.69) is 5.10 Å². The van der Waals surface area contributed by atoms with Gasteiger partial charge in [0, 0.05) is 12.1 Å². The Labute approximate surface area is 121 Å². The first-order valence-corrected chi connectivity index (χ1v) is 5.89. The van der Waals surface area contributed by atoms with Crippen LogP contribution in [-0.2, 0) is 13.2 Å². The van der Waals surface area contributed by atoms with E-state index in [4.69, 9.17) is 21.4 Å². The Morgan fingerprint density at radius 3 is 2.38 bits per heavy atom. The van der Waals surface area contributed by atoms with Crippen LogP contribution in [0.5, 0.6) is 11.6 Å². The molecule has 0 unspecified atom stereocenters. The molecule has 1 aromatic carbocycles. The highest BCUT2D eigenvalue weighted by molar-refractivity contribution is 6.30. The van der Waals surface area contributed by atoms with Crippen molar-refractivity contribution in [2.24, 2.45) is 7.05 Å². The number of benzene rings is 1. The van der Waals surface area contributed by atoms with Gasteiger partial charge in [0.25, 0.3) is 0 Å². The van der Waals surface area contributed by atoms with Crippen molar-refractivity contribution in [2.75, 3.05) is 0 Å². The van der Waals surface area contributed by atoms with Crippen molar-refractivity contribution in [2.45, 2.75) is 6.18 Å². The maximum Gasteiger partial charge on any atom is 0.436 e. The predicted octanol–water partition coefficient (Wildman–Crippen LogP) is 3.58. The maximum atomic E-state index is 12.8. The highest BCUT2D eigenvalue weighted by Crippen LogP contribution is 2.37. The minimum atomic E-state index is -4.90. The lowest BCUT2D eigenvalue weighted by atomic mass is 10.2. The first-order valence-electron chi connectivity index (χ1n) is 5.51. The van der Waals surface area contributed by atoms with Gasteiger partial charge in [-0.2, -0.15) is 18.3 Å². The van der Waals surface area contributed by atoms with Crippen LogP contribution in [0.3, 0.4) is 0 Å². The van der Waals surface area contributed by atoms with E-state index in [1.54, 1.807) is 0 Å². The minimum absolute atomic E-state index is 0.138. The number of alkyl halides is 3. The molecule has 0 saturated heterocycles. The second-order valence-corrected chi connectivity index (χ2v) is 4.45. The lowest BCUT2D eigenvalue weighted by Crippen LogP contribution is -2.12. The van der Waals surface area contributed by atoms with E-state index in [-0.39, 0.29) is 5.75 Å². The lowest BCUT2D eigenvalue weighted by molar-refractivity contribution is -0.141. The lowest BCUT2D eigenvalue weighted by Gasteiger charge is -2.07. The average Bonchev–Trinajstić information content (AvgIpc) is 2.70. The Hall–Kier alpha value is -2.22. The van der Waals surface area contributed by atoms with E-state index in [0.717, 1.165) is 11.7 Å². The minimum Gasteiger partial charge on any atom is -0.477 e. The summed E-state index contributed by atoms with van der Waals surface area (Å²) in [7, 11) is 1.16. The first-order chi connectivity index (χ1) is 9.70. The van der Waals surface area contributed by atoms with E-state index >= 15 is 0 Å². The molecule has 0 radical (unpaired) electrons.